The maximum Gasteiger partial charge on any atom is 0.198 e. The largest absolute Gasteiger partial charge is 0.490 e. The van der Waals surface area contributed by atoms with Crippen LogP contribution in [0, 0.1) is 0 Å². The van der Waals surface area contributed by atoms with Crippen LogP contribution in [0.15, 0.2) is 36.4 Å². The highest BCUT2D eigenvalue weighted by atomic mass is 16.5. The Morgan fingerprint density at radius 2 is 1.54 bits per heavy atom. The summed E-state index contributed by atoms with van der Waals surface area (Å²) >= 11 is 0. The third-order valence-corrected chi connectivity index (χ3v) is 5.33. The quantitative estimate of drug-likeness (QED) is 0.429. The molecule has 2 aromatic rings. The molecular formula is C24H31NO3. The summed E-state index contributed by atoms with van der Waals surface area (Å²) in [6, 6.07) is 11.7. The standard InChI is InChI=1S/C24H31NO3/c1-4-7-16-27-21-14-13-19-18-11-8-9-12-20(18)23(26)22(19)24(21)28-17-10-15-25(5-2)6-3/h8-9,11-14H,4-7,10,15-17H2,1-3H3. The molecule has 0 spiro atoms. The van der Waals surface area contributed by atoms with E-state index in [0.29, 0.717) is 30.3 Å². The fourth-order valence-electron chi connectivity index (χ4n) is 3.65. The van der Waals surface area contributed by atoms with Gasteiger partial charge in [-0.25, -0.2) is 0 Å². The molecule has 0 aliphatic heterocycles. The lowest BCUT2D eigenvalue weighted by molar-refractivity contribution is 0.103. The highest BCUT2D eigenvalue weighted by Gasteiger charge is 2.31. The number of fused-ring (bicyclic) bond motifs is 3. The van der Waals surface area contributed by atoms with Crippen LogP contribution in [-0.4, -0.2) is 43.5 Å². The van der Waals surface area contributed by atoms with Crippen molar-refractivity contribution in [3.05, 3.63) is 47.5 Å². The first-order valence-corrected chi connectivity index (χ1v) is 10.5. The predicted molar refractivity (Wildman–Crippen MR) is 114 cm³/mol. The minimum absolute atomic E-state index is 0.0327. The number of unbranched alkanes of at least 4 members (excludes halogenated alkanes) is 1. The van der Waals surface area contributed by atoms with Gasteiger partial charge in [-0.3, -0.25) is 4.79 Å². The van der Waals surface area contributed by atoms with Gasteiger partial charge in [0.05, 0.1) is 18.8 Å². The molecule has 0 fully saturated rings. The number of carbonyl (C=O) groups is 1. The second-order valence-electron chi connectivity index (χ2n) is 7.12. The number of benzene rings is 2. The van der Waals surface area contributed by atoms with Gasteiger partial charge in [0.1, 0.15) is 0 Å². The van der Waals surface area contributed by atoms with Gasteiger partial charge < -0.3 is 14.4 Å². The minimum Gasteiger partial charge on any atom is -0.490 e. The zero-order valence-electron chi connectivity index (χ0n) is 17.3. The first kappa shape index (κ1) is 20.4. The highest BCUT2D eigenvalue weighted by Crippen LogP contribution is 2.45. The van der Waals surface area contributed by atoms with Crippen molar-refractivity contribution in [2.75, 3.05) is 32.8 Å². The molecule has 0 saturated heterocycles. The lowest BCUT2D eigenvalue weighted by Gasteiger charge is -2.19. The second-order valence-corrected chi connectivity index (χ2v) is 7.12. The first-order valence-electron chi connectivity index (χ1n) is 10.5. The molecule has 1 aliphatic carbocycles. The molecule has 3 rings (SSSR count). The number of ether oxygens (including phenoxy) is 2. The van der Waals surface area contributed by atoms with Crippen molar-refractivity contribution in [3.63, 3.8) is 0 Å². The number of nitrogens with zero attached hydrogens (tertiary/aromatic N) is 1. The van der Waals surface area contributed by atoms with E-state index in [1.807, 2.05) is 36.4 Å². The van der Waals surface area contributed by atoms with Crippen LogP contribution in [-0.2, 0) is 0 Å². The number of carbonyl (C=O) groups excluding carboxylic acids is 1. The van der Waals surface area contributed by atoms with Crippen molar-refractivity contribution < 1.29 is 14.3 Å². The normalized spacial score (nSPS) is 12.2. The molecule has 0 amide bonds. The molecule has 0 bridgehead atoms. The Morgan fingerprint density at radius 1 is 0.821 bits per heavy atom. The summed E-state index contributed by atoms with van der Waals surface area (Å²) < 4.78 is 12.2. The molecule has 2 aromatic carbocycles. The van der Waals surface area contributed by atoms with E-state index in [0.717, 1.165) is 55.6 Å². The molecule has 150 valence electrons. The lowest BCUT2D eigenvalue weighted by Crippen LogP contribution is -2.25. The highest BCUT2D eigenvalue weighted by molar-refractivity contribution is 6.23. The number of rotatable bonds is 11. The average Bonchev–Trinajstić information content (AvgIpc) is 3.02. The van der Waals surface area contributed by atoms with Crippen molar-refractivity contribution in [2.45, 2.75) is 40.0 Å². The lowest BCUT2D eigenvalue weighted by atomic mass is 10.0. The van der Waals surface area contributed by atoms with E-state index < -0.39 is 0 Å². The van der Waals surface area contributed by atoms with Gasteiger partial charge in [0.2, 0.25) is 0 Å². The molecule has 4 nitrogen and oxygen atoms in total. The Hall–Kier alpha value is -2.33. The third kappa shape index (κ3) is 4.22. The fourth-order valence-corrected chi connectivity index (χ4v) is 3.65. The SMILES string of the molecule is CCCCOc1ccc2c(c1OCCCN(CC)CC)C(=O)c1ccccc1-2. The first-order chi connectivity index (χ1) is 13.7. The van der Waals surface area contributed by atoms with Crippen LogP contribution in [0.1, 0.15) is 56.0 Å². The third-order valence-electron chi connectivity index (χ3n) is 5.33. The predicted octanol–water partition coefficient (Wildman–Crippen LogP) is 5.19. The van der Waals surface area contributed by atoms with E-state index in [2.05, 4.69) is 25.7 Å². The summed E-state index contributed by atoms with van der Waals surface area (Å²) in [5.74, 6) is 1.32. The zero-order valence-corrected chi connectivity index (χ0v) is 17.3. The number of ketones is 1. The van der Waals surface area contributed by atoms with Crippen LogP contribution in [0.2, 0.25) is 0 Å². The Morgan fingerprint density at radius 3 is 2.25 bits per heavy atom. The molecular weight excluding hydrogens is 350 g/mol. The van der Waals surface area contributed by atoms with Crippen molar-refractivity contribution in [2.24, 2.45) is 0 Å². The molecule has 0 atom stereocenters. The zero-order chi connectivity index (χ0) is 19.9. The van der Waals surface area contributed by atoms with Gasteiger partial charge in [-0.05, 0) is 49.2 Å². The van der Waals surface area contributed by atoms with Gasteiger partial charge in [0, 0.05) is 12.1 Å². The molecule has 0 heterocycles. The molecule has 0 saturated carbocycles. The van der Waals surface area contributed by atoms with Gasteiger partial charge in [0.15, 0.2) is 17.3 Å². The topological polar surface area (TPSA) is 38.8 Å². The van der Waals surface area contributed by atoms with E-state index in [1.54, 1.807) is 0 Å². The molecule has 0 radical (unpaired) electrons. The maximum atomic E-state index is 13.1. The van der Waals surface area contributed by atoms with Crippen LogP contribution in [0.3, 0.4) is 0 Å². The van der Waals surface area contributed by atoms with Crippen molar-refractivity contribution in [1.82, 2.24) is 4.90 Å². The van der Waals surface area contributed by atoms with Crippen LogP contribution in [0.5, 0.6) is 11.5 Å². The van der Waals surface area contributed by atoms with Gasteiger partial charge in [-0.1, -0.05) is 51.5 Å². The molecule has 0 aromatic heterocycles. The summed E-state index contributed by atoms with van der Waals surface area (Å²) in [7, 11) is 0. The van der Waals surface area contributed by atoms with E-state index >= 15 is 0 Å². The second kappa shape index (κ2) is 9.74. The van der Waals surface area contributed by atoms with Crippen molar-refractivity contribution >= 4 is 5.78 Å². The van der Waals surface area contributed by atoms with Gasteiger partial charge >= 0.3 is 0 Å². The molecule has 28 heavy (non-hydrogen) atoms. The van der Waals surface area contributed by atoms with Crippen molar-refractivity contribution in [1.29, 1.82) is 0 Å². The number of hydrogen-bond donors (Lipinski definition) is 0. The van der Waals surface area contributed by atoms with E-state index in [1.165, 1.54) is 0 Å². The minimum atomic E-state index is 0.0327. The fraction of sp³-hybridized carbons (Fsp3) is 0.458. The van der Waals surface area contributed by atoms with E-state index in [9.17, 15) is 4.79 Å². The van der Waals surface area contributed by atoms with Crippen molar-refractivity contribution in [3.8, 4) is 22.6 Å². The summed E-state index contributed by atoms with van der Waals surface area (Å²) in [5, 5.41) is 0. The Balaban J connectivity index is 1.84. The number of hydrogen-bond acceptors (Lipinski definition) is 4. The van der Waals surface area contributed by atoms with Gasteiger partial charge in [-0.2, -0.15) is 0 Å². The molecule has 0 unspecified atom stereocenters. The van der Waals surface area contributed by atoms with Crippen LogP contribution in [0.25, 0.3) is 11.1 Å². The maximum absolute atomic E-state index is 13.1. The van der Waals surface area contributed by atoms with Crippen LogP contribution < -0.4 is 9.47 Å². The Bertz CT molecular complexity index is 811. The van der Waals surface area contributed by atoms with Crippen LogP contribution in [0.4, 0.5) is 0 Å². The van der Waals surface area contributed by atoms with Crippen LogP contribution >= 0.6 is 0 Å². The van der Waals surface area contributed by atoms with Gasteiger partial charge in [0.25, 0.3) is 0 Å². The monoisotopic (exact) mass is 381 g/mol. The average molecular weight is 382 g/mol. The Kier molecular flexibility index (Phi) is 7.10. The summed E-state index contributed by atoms with van der Waals surface area (Å²) in [6.07, 6.45) is 2.96. The van der Waals surface area contributed by atoms with Gasteiger partial charge in [-0.15, -0.1) is 0 Å². The summed E-state index contributed by atoms with van der Waals surface area (Å²) in [6.45, 7) is 10.7. The molecule has 4 heteroatoms. The smallest absolute Gasteiger partial charge is 0.198 e. The van der Waals surface area contributed by atoms with E-state index in [4.69, 9.17) is 9.47 Å². The summed E-state index contributed by atoms with van der Waals surface area (Å²) in [5.41, 5.74) is 3.33. The van der Waals surface area contributed by atoms with E-state index in [-0.39, 0.29) is 5.78 Å². The molecule has 1 aliphatic rings. The summed E-state index contributed by atoms with van der Waals surface area (Å²) in [4.78, 5) is 15.5. The molecule has 0 N–H and O–H groups in total. The Labute approximate surface area is 168 Å².